The number of thiophene rings is 1. The minimum atomic E-state index is -3.75. The Morgan fingerprint density at radius 1 is 1.29 bits per heavy atom. The van der Waals surface area contributed by atoms with Crippen molar-refractivity contribution in [2.75, 3.05) is 24.5 Å². The number of amides is 1. The number of primary sulfonamides is 1. The maximum absolute atomic E-state index is 12.0. The van der Waals surface area contributed by atoms with Crippen molar-refractivity contribution in [3.8, 4) is 0 Å². The largest absolute Gasteiger partial charge is 0.372 e. The van der Waals surface area contributed by atoms with Crippen LogP contribution >= 0.6 is 11.3 Å². The minimum Gasteiger partial charge on any atom is -0.372 e. The van der Waals surface area contributed by atoms with Gasteiger partial charge in [-0.05, 0) is 31.5 Å². The first-order valence-electron chi connectivity index (χ1n) is 7.61. The molecule has 2 rings (SSSR count). The molecule has 0 atom stereocenters. The van der Waals surface area contributed by atoms with Crippen LogP contribution in [-0.4, -0.2) is 34.0 Å². The summed E-state index contributed by atoms with van der Waals surface area (Å²) in [6, 6.07) is 11.4. The Morgan fingerprint density at radius 3 is 2.58 bits per heavy atom. The van der Waals surface area contributed by atoms with Gasteiger partial charge in [-0.2, -0.15) is 0 Å². The van der Waals surface area contributed by atoms with Crippen LogP contribution in [0.2, 0.25) is 0 Å². The Labute approximate surface area is 146 Å². The van der Waals surface area contributed by atoms with Gasteiger partial charge in [0.1, 0.15) is 4.21 Å². The van der Waals surface area contributed by atoms with Crippen molar-refractivity contribution in [2.45, 2.75) is 17.6 Å². The van der Waals surface area contributed by atoms with E-state index in [0.29, 0.717) is 12.1 Å². The van der Waals surface area contributed by atoms with Crippen LogP contribution in [-0.2, 0) is 10.0 Å². The lowest BCUT2D eigenvalue weighted by molar-refractivity contribution is 0.0953. The van der Waals surface area contributed by atoms with Crippen molar-refractivity contribution in [2.24, 2.45) is 5.14 Å². The molecule has 0 saturated carbocycles. The molecule has 0 aliphatic heterocycles. The van der Waals surface area contributed by atoms with E-state index < -0.39 is 10.0 Å². The first-order chi connectivity index (χ1) is 11.4. The molecule has 0 fully saturated rings. The zero-order chi connectivity index (χ0) is 17.6. The van der Waals surface area contributed by atoms with E-state index in [1.165, 1.54) is 11.4 Å². The topological polar surface area (TPSA) is 92.5 Å². The smallest absolute Gasteiger partial charge is 0.252 e. The van der Waals surface area contributed by atoms with Crippen molar-refractivity contribution >= 4 is 33.0 Å². The molecule has 3 N–H and O–H groups in total. The lowest BCUT2D eigenvalue weighted by atomic mass is 10.2. The van der Waals surface area contributed by atoms with Crippen LogP contribution in [0.15, 0.2) is 46.0 Å². The molecule has 0 aliphatic rings. The summed E-state index contributed by atoms with van der Waals surface area (Å²) >= 11 is 0.948. The molecule has 1 aromatic heterocycles. The van der Waals surface area contributed by atoms with Crippen LogP contribution in [0.1, 0.15) is 23.7 Å². The fourth-order valence-electron chi connectivity index (χ4n) is 2.27. The fourth-order valence-corrected chi connectivity index (χ4v) is 3.85. The number of carbonyl (C=O) groups excluding carboxylic acids is 1. The molecule has 1 heterocycles. The Bertz CT molecular complexity index is 773. The fraction of sp³-hybridized carbons (Fsp3) is 0.312. The van der Waals surface area contributed by atoms with Crippen LogP contribution in [0.4, 0.5) is 5.69 Å². The molecule has 0 radical (unpaired) electrons. The van der Waals surface area contributed by atoms with Gasteiger partial charge in [0.2, 0.25) is 10.0 Å². The van der Waals surface area contributed by atoms with E-state index in [1.54, 1.807) is 0 Å². The van der Waals surface area contributed by atoms with Gasteiger partial charge in [0, 0.05) is 30.7 Å². The van der Waals surface area contributed by atoms with Crippen molar-refractivity contribution < 1.29 is 13.2 Å². The van der Waals surface area contributed by atoms with Crippen molar-refractivity contribution in [3.63, 3.8) is 0 Å². The van der Waals surface area contributed by atoms with Crippen LogP contribution in [0.5, 0.6) is 0 Å². The van der Waals surface area contributed by atoms with Gasteiger partial charge >= 0.3 is 0 Å². The maximum Gasteiger partial charge on any atom is 0.252 e. The monoisotopic (exact) mass is 367 g/mol. The molecular weight excluding hydrogens is 346 g/mol. The highest BCUT2D eigenvalue weighted by Gasteiger charge is 2.15. The van der Waals surface area contributed by atoms with Gasteiger partial charge in [-0.1, -0.05) is 18.2 Å². The number of rotatable bonds is 8. The van der Waals surface area contributed by atoms with E-state index in [9.17, 15) is 13.2 Å². The standard InChI is InChI=1S/C16H21N3O3S2/c1-2-19(14-7-4-3-5-8-14)10-6-9-18-16(20)13-11-15(23-12-13)24(17,21)22/h3-5,7-8,11-12H,2,6,9-10H2,1H3,(H,18,20)(H2,17,21,22). The molecule has 1 amide bonds. The average Bonchev–Trinajstić information content (AvgIpc) is 3.06. The normalized spacial score (nSPS) is 11.2. The summed E-state index contributed by atoms with van der Waals surface area (Å²) in [5, 5.41) is 9.34. The Balaban J connectivity index is 1.81. The minimum absolute atomic E-state index is 0.00566. The zero-order valence-corrected chi connectivity index (χ0v) is 15.1. The second-order valence-electron chi connectivity index (χ2n) is 5.22. The Kier molecular flexibility index (Phi) is 6.36. The van der Waals surface area contributed by atoms with E-state index in [-0.39, 0.29) is 10.1 Å². The first kappa shape index (κ1) is 18.4. The van der Waals surface area contributed by atoms with E-state index in [0.717, 1.165) is 36.5 Å². The number of nitrogens with two attached hydrogens (primary N) is 1. The summed E-state index contributed by atoms with van der Waals surface area (Å²) < 4.78 is 22.4. The molecule has 130 valence electrons. The molecule has 8 heteroatoms. The molecule has 0 unspecified atom stereocenters. The summed E-state index contributed by atoms with van der Waals surface area (Å²) in [6.45, 7) is 4.32. The average molecular weight is 367 g/mol. The predicted molar refractivity (Wildman–Crippen MR) is 97.0 cm³/mol. The third-order valence-electron chi connectivity index (χ3n) is 3.51. The third kappa shape index (κ3) is 5.05. The molecule has 0 spiro atoms. The lowest BCUT2D eigenvalue weighted by Gasteiger charge is -2.23. The van der Waals surface area contributed by atoms with E-state index >= 15 is 0 Å². The maximum atomic E-state index is 12.0. The Morgan fingerprint density at radius 2 is 2.00 bits per heavy atom. The first-order valence-corrected chi connectivity index (χ1v) is 10.0. The molecule has 2 aromatic rings. The van der Waals surface area contributed by atoms with Gasteiger partial charge in [-0.3, -0.25) is 4.79 Å². The molecule has 0 aliphatic carbocycles. The van der Waals surface area contributed by atoms with Gasteiger partial charge < -0.3 is 10.2 Å². The van der Waals surface area contributed by atoms with Crippen molar-refractivity contribution in [1.82, 2.24) is 5.32 Å². The van der Waals surface area contributed by atoms with Crippen LogP contribution in [0.25, 0.3) is 0 Å². The molecule has 0 bridgehead atoms. The molecule has 24 heavy (non-hydrogen) atoms. The van der Waals surface area contributed by atoms with Gasteiger partial charge in [0.05, 0.1) is 5.56 Å². The number of nitrogens with zero attached hydrogens (tertiary/aromatic N) is 1. The van der Waals surface area contributed by atoms with Crippen LogP contribution < -0.4 is 15.4 Å². The highest BCUT2D eigenvalue weighted by atomic mass is 32.2. The van der Waals surface area contributed by atoms with Gasteiger partial charge in [-0.25, -0.2) is 13.6 Å². The number of sulfonamides is 1. The number of nitrogens with one attached hydrogen (secondary N) is 1. The highest BCUT2D eigenvalue weighted by Crippen LogP contribution is 2.18. The molecule has 0 saturated heterocycles. The van der Waals surface area contributed by atoms with Crippen LogP contribution in [0, 0.1) is 0 Å². The summed E-state index contributed by atoms with van der Waals surface area (Å²) in [6.07, 6.45) is 0.792. The number of carbonyl (C=O) groups is 1. The SMILES string of the molecule is CCN(CCCNC(=O)c1csc(S(N)(=O)=O)c1)c1ccccc1. The molecule has 1 aromatic carbocycles. The van der Waals surface area contributed by atoms with Crippen LogP contribution in [0.3, 0.4) is 0 Å². The lowest BCUT2D eigenvalue weighted by Crippen LogP contribution is -2.29. The second-order valence-corrected chi connectivity index (χ2v) is 7.92. The third-order valence-corrected chi connectivity index (χ3v) is 5.90. The second kappa shape index (κ2) is 8.27. The van der Waals surface area contributed by atoms with E-state index in [1.807, 2.05) is 18.2 Å². The van der Waals surface area contributed by atoms with Crippen molar-refractivity contribution in [1.29, 1.82) is 0 Å². The van der Waals surface area contributed by atoms with E-state index in [2.05, 4.69) is 29.3 Å². The summed E-state index contributed by atoms with van der Waals surface area (Å²) in [5.74, 6) is -0.288. The summed E-state index contributed by atoms with van der Waals surface area (Å²) in [4.78, 5) is 14.2. The Hall–Kier alpha value is -1.90. The predicted octanol–water partition coefficient (Wildman–Crippen LogP) is 2.04. The molecule has 6 nitrogen and oxygen atoms in total. The number of hydrogen-bond acceptors (Lipinski definition) is 5. The zero-order valence-electron chi connectivity index (χ0n) is 13.4. The number of anilines is 1. The quantitative estimate of drug-likeness (QED) is 0.698. The van der Waals surface area contributed by atoms with E-state index in [4.69, 9.17) is 5.14 Å². The number of benzene rings is 1. The highest BCUT2D eigenvalue weighted by molar-refractivity contribution is 7.91. The number of para-hydroxylation sites is 1. The van der Waals surface area contributed by atoms with Gasteiger partial charge in [0.15, 0.2) is 0 Å². The summed E-state index contributed by atoms with van der Waals surface area (Å²) in [5.41, 5.74) is 1.47. The number of hydrogen-bond donors (Lipinski definition) is 2. The van der Waals surface area contributed by atoms with Crippen molar-refractivity contribution in [3.05, 3.63) is 47.3 Å². The molecular formula is C16H21N3O3S2. The summed E-state index contributed by atoms with van der Waals surface area (Å²) in [7, 11) is -3.75. The van der Waals surface area contributed by atoms with Gasteiger partial charge in [-0.15, -0.1) is 11.3 Å². The van der Waals surface area contributed by atoms with Gasteiger partial charge in [0.25, 0.3) is 5.91 Å².